The van der Waals surface area contributed by atoms with Crippen molar-refractivity contribution in [2.45, 2.75) is 105 Å². The van der Waals surface area contributed by atoms with Crippen LogP contribution in [0.25, 0.3) is 0 Å². The molecule has 1 aromatic rings. The zero-order chi connectivity index (χ0) is 22.2. The number of aryl methyl sites for hydroxylation is 1. The Kier molecular flexibility index (Phi) is 16.4. The Hall–Kier alpha value is 0.0400. The van der Waals surface area contributed by atoms with Crippen LogP contribution in [0.1, 0.15) is 93.9 Å². The highest BCUT2D eigenvalue weighted by Gasteiger charge is 2.09. The monoisotopic (exact) mass is 546 g/mol. The molecule has 1 aromatic carbocycles. The summed E-state index contributed by atoms with van der Waals surface area (Å²) in [5.41, 5.74) is 6.03. The van der Waals surface area contributed by atoms with Gasteiger partial charge in [0.2, 0.25) is 0 Å². The maximum absolute atomic E-state index is 5.80. The third-order valence-corrected chi connectivity index (χ3v) is 8.21. The molecule has 0 spiro atoms. The molecule has 0 N–H and O–H groups in total. The van der Waals surface area contributed by atoms with Gasteiger partial charge in [0.1, 0.15) is 0 Å². The fourth-order valence-corrected chi connectivity index (χ4v) is 5.82. The van der Waals surface area contributed by atoms with E-state index in [-0.39, 0.29) is 6.29 Å². The van der Waals surface area contributed by atoms with Crippen molar-refractivity contribution < 1.29 is 9.47 Å². The molecule has 0 bridgehead atoms. The molecule has 0 radical (unpaired) electrons. The molecule has 4 heteroatoms. The number of hydrogen-bond acceptors (Lipinski definition) is 2. The Balaban J connectivity index is 2.20. The number of benzene rings is 1. The minimum absolute atomic E-state index is 0.00237. The maximum Gasteiger partial charge on any atom is 0.157 e. The average molecular weight is 547 g/mol. The Labute approximate surface area is 201 Å². The van der Waals surface area contributed by atoms with Crippen LogP contribution in [0.2, 0.25) is 0 Å². The van der Waals surface area contributed by atoms with Crippen molar-refractivity contribution in [3.8, 4) is 0 Å². The van der Waals surface area contributed by atoms with E-state index in [0.29, 0.717) is 0 Å². The second-order valence-electron chi connectivity index (χ2n) is 8.23. The fraction of sp³-hybridized carbons (Fsp3) is 0.692. The number of rotatable bonds is 17. The molecule has 0 amide bonds. The minimum atomic E-state index is 0.00237. The van der Waals surface area contributed by atoms with Gasteiger partial charge in [0, 0.05) is 13.2 Å². The van der Waals surface area contributed by atoms with Crippen molar-refractivity contribution in [1.82, 2.24) is 0 Å². The van der Waals surface area contributed by atoms with Gasteiger partial charge in [-0.3, -0.25) is 0 Å². The highest BCUT2D eigenvalue weighted by Crippen LogP contribution is 2.27. The van der Waals surface area contributed by atoms with E-state index in [9.17, 15) is 0 Å². The van der Waals surface area contributed by atoms with E-state index in [1.54, 1.807) is 5.56 Å². The number of hydrogen-bond donors (Lipinski definition) is 0. The molecule has 0 heterocycles. The first-order valence-corrected chi connectivity index (χ1v) is 16.0. The summed E-state index contributed by atoms with van der Waals surface area (Å²) >= 11 is 2.51. The average Bonchev–Trinajstić information content (AvgIpc) is 2.76. The lowest BCUT2D eigenvalue weighted by atomic mass is 9.95. The molecule has 30 heavy (non-hydrogen) atoms. The molecule has 0 aromatic heterocycles. The van der Waals surface area contributed by atoms with Crippen LogP contribution in [0.3, 0.4) is 0 Å². The summed E-state index contributed by atoms with van der Waals surface area (Å²) in [6, 6.07) is 2.45. The molecule has 0 aliphatic heterocycles. The van der Waals surface area contributed by atoms with Crippen LogP contribution in [-0.4, -0.2) is 19.5 Å². The SMILES string of the molecule is CCCOC(CCCCC/C=C\CCCc1cc(PI)c(C)c(C)c1C)OCCC. The summed E-state index contributed by atoms with van der Waals surface area (Å²) in [5.74, 6) is 0. The van der Waals surface area contributed by atoms with E-state index in [0.717, 1.165) is 38.7 Å². The van der Waals surface area contributed by atoms with E-state index in [4.69, 9.17) is 9.47 Å². The van der Waals surface area contributed by atoms with Crippen LogP contribution in [0.15, 0.2) is 18.2 Å². The Morgan fingerprint density at radius 3 is 2.10 bits per heavy atom. The van der Waals surface area contributed by atoms with Gasteiger partial charge in [-0.1, -0.05) is 60.5 Å². The maximum atomic E-state index is 5.80. The molecule has 0 saturated heterocycles. The highest BCUT2D eigenvalue weighted by atomic mass is 127. The third kappa shape index (κ3) is 11.1. The van der Waals surface area contributed by atoms with Crippen LogP contribution in [0.5, 0.6) is 0 Å². The Morgan fingerprint density at radius 2 is 1.50 bits per heavy atom. The molecule has 1 atom stereocenters. The molecule has 0 aliphatic rings. The van der Waals surface area contributed by atoms with Crippen LogP contribution < -0.4 is 5.30 Å². The van der Waals surface area contributed by atoms with Crippen LogP contribution >= 0.6 is 28.3 Å². The highest BCUT2D eigenvalue weighted by molar-refractivity contribution is 14.2. The van der Waals surface area contributed by atoms with Gasteiger partial charge in [-0.2, -0.15) is 0 Å². The first-order chi connectivity index (χ1) is 14.5. The summed E-state index contributed by atoms with van der Waals surface area (Å²) in [6.07, 6.45) is 17.3. The smallest absolute Gasteiger partial charge is 0.157 e. The van der Waals surface area contributed by atoms with Gasteiger partial charge in [-0.15, -0.1) is 0 Å². The summed E-state index contributed by atoms with van der Waals surface area (Å²) in [4.78, 5) is 0. The van der Waals surface area contributed by atoms with E-state index < -0.39 is 0 Å². The van der Waals surface area contributed by atoms with Gasteiger partial charge in [-0.05, 0) is 112 Å². The second-order valence-corrected chi connectivity index (χ2v) is 10.6. The molecule has 0 fully saturated rings. The molecule has 0 saturated carbocycles. The zero-order valence-corrected chi connectivity index (χ0v) is 23.1. The fourth-order valence-electron chi connectivity index (χ4n) is 3.58. The lowest BCUT2D eigenvalue weighted by Crippen LogP contribution is -2.18. The third-order valence-electron chi connectivity index (χ3n) is 5.74. The van der Waals surface area contributed by atoms with Gasteiger partial charge < -0.3 is 9.47 Å². The summed E-state index contributed by atoms with van der Waals surface area (Å²) in [6.45, 7) is 12.7. The molecule has 1 rings (SSSR count). The molecular weight excluding hydrogens is 502 g/mol. The normalized spacial score (nSPS) is 12.2. The molecule has 172 valence electrons. The Bertz CT molecular complexity index is 608. The number of allylic oxidation sites excluding steroid dienone is 2. The van der Waals surface area contributed by atoms with Crippen LogP contribution in [0, 0.1) is 20.8 Å². The van der Waals surface area contributed by atoms with E-state index in [1.807, 2.05) is 0 Å². The summed E-state index contributed by atoms with van der Waals surface area (Å²) < 4.78 is 11.6. The first-order valence-electron chi connectivity index (χ1n) is 11.9. The van der Waals surface area contributed by atoms with E-state index in [2.05, 4.69) is 74.9 Å². The minimum Gasteiger partial charge on any atom is -0.353 e. The van der Waals surface area contributed by atoms with E-state index >= 15 is 0 Å². The topological polar surface area (TPSA) is 18.5 Å². The predicted octanol–water partition coefficient (Wildman–Crippen LogP) is 8.27. The Morgan fingerprint density at radius 1 is 0.867 bits per heavy atom. The quantitative estimate of drug-likeness (QED) is 0.0644. The van der Waals surface area contributed by atoms with Gasteiger partial charge in [0.25, 0.3) is 0 Å². The number of unbranched alkanes of at least 4 members (excludes halogenated alkanes) is 4. The van der Waals surface area contributed by atoms with E-state index in [1.165, 1.54) is 66.9 Å². The largest absolute Gasteiger partial charge is 0.353 e. The summed E-state index contributed by atoms with van der Waals surface area (Å²) in [7, 11) is 0. The second kappa shape index (κ2) is 17.6. The van der Waals surface area contributed by atoms with Gasteiger partial charge in [-0.25, -0.2) is 0 Å². The number of halogens is 1. The predicted molar refractivity (Wildman–Crippen MR) is 144 cm³/mol. The van der Waals surface area contributed by atoms with Gasteiger partial charge in [0.05, 0.1) is 0 Å². The van der Waals surface area contributed by atoms with Crippen molar-refractivity contribution in [1.29, 1.82) is 0 Å². The molecule has 1 unspecified atom stereocenters. The molecular formula is C26H44IO2P. The van der Waals surface area contributed by atoms with Crippen molar-refractivity contribution in [3.05, 3.63) is 40.5 Å². The zero-order valence-electron chi connectivity index (χ0n) is 20.0. The standard InChI is InChI=1S/C26H44IO2P/c1-6-18-28-26(29-19-7-2)17-15-13-11-9-8-10-12-14-16-24-20-25(30-27)23(5)21(3)22(24)4/h8,10,20,26,30H,6-7,9,11-19H2,1-5H3/b10-8-. The van der Waals surface area contributed by atoms with Crippen molar-refractivity contribution in [2.24, 2.45) is 0 Å². The lowest BCUT2D eigenvalue weighted by molar-refractivity contribution is -0.146. The van der Waals surface area contributed by atoms with Gasteiger partial charge in [0.15, 0.2) is 6.29 Å². The van der Waals surface area contributed by atoms with Gasteiger partial charge >= 0.3 is 0 Å². The first kappa shape index (κ1) is 28.1. The lowest BCUT2D eigenvalue weighted by Gasteiger charge is -2.17. The van der Waals surface area contributed by atoms with Crippen LogP contribution in [-0.2, 0) is 15.9 Å². The van der Waals surface area contributed by atoms with Crippen molar-refractivity contribution >= 4 is 33.6 Å². The van der Waals surface area contributed by atoms with Crippen LogP contribution in [0.4, 0.5) is 0 Å². The molecule has 0 aliphatic carbocycles. The van der Waals surface area contributed by atoms with Crippen molar-refractivity contribution in [2.75, 3.05) is 13.2 Å². The van der Waals surface area contributed by atoms with Crippen molar-refractivity contribution in [3.63, 3.8) is 0 Å². The number of ether oxygens (including phenoxy) is 2. The summed E-state index contributed by atoms with van der Waals surface area (Å²) in [5, 5.41) is 1.53. The molecule has 2 nitrogen and oxygen atoms in total.